The number of carbonyl (C=O) groups is 2. The van der Waals surface area contributed by atoms with E-state index in [0.717, 1.165) is 5.56 Å². The molecule has 0 bridgehead atoms. The maximum absolute atomic E-state index is 12.2. The molecule has 7 heteroatoms. The molecule has 0 aliphatic carbocycles. The third kappa shape index (κ3) is 7.36. The second kappa shape index (κ2) is 10.5. The van der Waals surface area contributed by atoms with Crippen molar-refractivity contribution >= 4 is 23.4 Å². The highest BCUT2D eigenvalue weighted by Gasteiger charge is 2.21. The Hall–Kier alpha value is -2.23. The zero-order valence-corrected chi connectivity index (χ0v) is 14.2. The second-order valence-corrected chi connectivity index (χ2v) is 5.46. The third-order valence-electron chi connectivity index (χ3n) is 3.03. The van der Waals surface area contributed by atoms with Crippen molar-refractivity contribution in [1.82, 2.24) is 10.6 Å². The molecule has 0 unspecified atom stereocenters. The van der Waals surface area contributed by atoms with E-state index in [4.69, 9.17) is 22.8 Å². The Kier molecular flexibility index (Phi) is 8.69. The Bertz CT molecular complexity index is 581. The van der Waals surface area contributed by atoms with Crippen molar-refractivity contribution in [3.63, 3.8) is 0 Å². The smallest absolute Gasteiger partial charge is 0.243 e. The quantitative estimate of drug-likeness (QED) is 0.445. The van der Waals surface area contributed by atoms with Gasteiger partial charge < -0.3 is 20.5 Å². The molecule has 24 heavy (non-hydrogen) atoms. The molecule has 0 radical (unpaired) electrons. The number of hydrogen-bond donors (Lipinski definition) is 3. The van der Waals surface area contributed by atoms with Gasteiger partial charge >= 0.3 is 0 Å². The van der Waals surface area contributed by atoms with Crippen LogP contribution < -0.4 is 15.4 Å². The molecule has 1 aromatic rings. The van der Waals surface area contributed by atoms with E-state index in [2.05, 4.69) is 16.6 Å². The summed E-state index contributed by atoms with van der Waals surface area (Å²) in [6.07, 6.45) is 4.73. The van der Waals surface area contributed by atoms with Crippen molar-refractivity contribution in [2.45, 2.75) is 25.5 Å². The number of aliphatic hydroxyl groups is 1. The summed E-state index contributed by atoms with van der Waals surface area (Å²) in [5, 5.41) is 14.4. The van der Waals surface area contributed by atoms with E-state index < -0.39 is 18.1 Å². The molecule has 0 heterocycles. The van der Waals surface area contributed by atoms with Crippen LogP contribution in [0.1, 0.15) is 12.5 Å². The molecule has 0 aromatic heterocycles. The Labute approximate surface area is 146 Å². The summed E-state index contributed by atoms with van der Waals surface area (Å²) in [5.41, 5.74) is 0.829. The molecule has 0 saturated heterocycles. The first-order valence-electron chi connectivity index (χ1n) is 7.42. The normalized spacial score (nSPS) is 12.6. The summed E-state index contributed by atoms with van der Waals surface area (Å²) in [6, 6.07) is 6.26. The largest absolute Gasteiger partial charge is 0.481 e. The zero-order chi connectivity index (χ0) is 17.9. The second-order valence-electron chi connectivity index (χ2n) is 5.19. The van der Waals surface area contributed by atoms with Crippen LogP contribution in [0.2, 0.25) is 0 Å². The van der Waals surface area contributed by atoms with Crippen LogP contribution in [-0.2, 0) is 16.0 Å². The topological polar surface area (TPSA) is 87.7 Å². The summed E-state index contributed by atoms with van der Waals surface area (Å²) in [4.78, 5) is 23.7. The van der Waals surface area contributed by atoms with Crippen molar-refractivity contribution < 1.29 is 19.4 Å². The lowest BCUT2D eigenvalue weighted by atomic mass is 10.0. The number of aliphatic hydroxyl groups excluding tert-OH is 1. The number of amides is 2. The Morgan fingerprint density at radius 2 is 2.04 bits per heavy atom. The molecule has 2 atom stereocenters. The van der Waals surface area contributed by atoms with Crippen LogP contribution in [0.5, 0.6) is 5.75 Å². The molecule has 3 N–H and O–H groups in total. The fraction of sp³-hybridized carbons (Fsp3) is 0.412. The van der Waals surface area contributed by atoms with Crippen LogP contribution in [0.4, 0.5) is 0 Å². The summed E-state index contributed by atoms with van der Waals surface area (Å²) < 4.78 is 5.28. The predicted molar refractivity (Wildman–Crippen MR) is 91.8 cm³/mol. The van der Waals surface area contributed by atoms with E-state index in [0.29, 0.717) is 5.75 Å². The summed E-state index contributed by atoms with van der Waals surface area (Å²) in [7, 11) is 0. The first-order chi connectivity index (χ1) is 11.5. The molecule has 0 aliphatic heterocycles. The van der Waals surface area contributed by atoms with Crippen molar-refractivity contribution in [3.05, 3.63) is 29.8 Å². The Morgan fingerprint density at radius 3 is 2.58 bits per heavy atom. The van der Waals surface area contributed by atoms with Gasteiger partial charge in [-0.05, 0) is 24.6 Å². The van der Waals surface area contributed by atoms with Crippen LogP contribution in [0.25, 0.3) is 0 Å². The number of terminal acetylenes is 1. The number of benzene rings is 1. The van der Waals surface area contributed by atoms with Crippen molar-refractivity contribution in [1.29, 1.82) is 0 Å². The number of hydrogen-bond acceptors (Lipinski definition) is 4. The molecule has 130 valence electrons. The van der Waals surface area contributed by atoms with Crippen LogP contribution in [0.3, 0.4) is 0 Å². The number of carbonyl (C=O) groups excluding carboxylic acids is 2. The lowest BCUT2D eigenvalue weighted by Gasteiger charge is -2.19. The Morgan fingerprint density at radius 1 is 1.38 bits per heavy atom. The zero-order valence-electron chi connectivity index (χ0n) is 13.4. The van der Waals surface area contributed by atoms with Crippen molar-refractivity contribution in [3.8, 4) is 18.1 Å². The molecule has 6 nitrogen and oxygen atoms in total. The molecule has 2 amide bonds. The highest BCUT2D eigenvalue weighted by Crippen LogP contribution is 2.13. The molecule has 0 aliphatic rings. The van der Waals surface area contributed by atoms with E-state index in [1.807, 2.05) is 0 Å². The van der Waals surface area contributed by atoms with Crippen molar-refractivity contribution in [2.75, 3.05) is 19.0 Å². The van der Waals surface area contributed by atoms with Gasteiger partial charge in [0.2, 0.25) is 11.8 Å². The third-order valence-corrected chi connectivity index (χ3v) is 3.27. The monoisotopic (exact) mass is 352 g/mol. The number of alkyl halides is 1. The molecular formula is C17H21ClN2O4. The van der Waals surface area contributed by atoms with Gasteiger partial charge in [0.25, 0.3) is 0 Å². The summed E-state index contributed by atoms with van der Waals surface area (Å²) >= 11 is 5.48. The minimum atomic E-state index is -0.785. The first kappa shape index (κ1) is 19.8. The maximum atomic E-state index is 12.2. The van der Waals surface area contributed by atoms with Crippen molar-refractivity contribution in [2.24, 2.45) is 0 Å². The van der Waals surface area contributed by atoms with Gasteiger partial charge in [0.1, 0.15) is 24.3 Å². The standard InChI is InChI=1S/C17H21ClN2O4/c1-3-8-24-14-6-4-13(5-7-14)9-15(20-16(22)10-18)17(23)19-11-12(2)21/h1,4-7,12,15,21H,8-11H2,2H3,(H,19,23)(H,20,22)/t12-,15-/m0/s1. The van der Waals surface area contributed by atoms with Gasteiger partial charge in [0.05, 0.1) is 6.10 Å². The van der Waals surface area contributed by atoms with E-state index >= 15 is 0 Å². The summed E-state index contributed by atoms with van der Waals surface area (Å²) in [6.45, 7) is 1.84. The minimum Gasteiger partial charge on any atom is -0.481 e. The average molecular weight is 353 g/mol. The van der Waals surface area contributed by atoms with Crippen LogP contribution in [0.15, 0.2) is 24.3 Å². The Balaban J connectivity index is 2.74. The van der Waals surface area contributed by atoms with Gasteiger partial charge in [-0.2, -0.15) is 0 Å². The van der Waals surface area contributed by atoms with Crippen LogP contribution >= 0.6 is 11.6 Å². The highest BCUT2D eigenvalue weighted by molar-refractivity contribution is 6.27. The van der Waals surface area contributed by atoms with E-state index in [-0.39, 0.29) is 31.4 Å². The minimum absolute atomic E-state index is 0.102. The SMILES string of the molecule is C#CCOc1ccc(C[C@H](NC(=O)CCl)C(=O)NC[C@H](C)O)cc1. The number of ether oxygens (including phenoxy) is 1. The molecule has 1 rings (SSSR count). The molecular weight excluding hydrogens is 332 g/mol. The van der Waals surface area contributed by atoms with Crippen LogP contribution in [0, 0.1) is 12.3 Å². The van der Waals surface area contributed by atoms with Gasteiger partial charge in [0.15, 0.2) is 0 Å². The van der Waals surface area contributed by atoms with Crippen LogP contribution in [-0.4, -0.2) is 48.1 Å². The predicted octanol–water partition coefficient (Wildman–Crippen LogP) is 0.462. The van der Waals surface area contributed by atoms with Gasteiger partial charge in [-0.3, -0.25) is 9.59 Å². The molecule has 0 fully saturated rings. The fourth-order valence-electron chi connectivity index (χ4n) is 1.90. The number of nitrogens with one attached hydrogen (secondary N) is 2. The molecule has 0 saturated carbocycles. The van der Waals surface area contributed by atoms with Gasteiger partial charge in [-0.25, -0.2) is 0 Å². The van der Waals surface area contributed by atoms with E-state index in [9.17, 15) is 14.7 Å². The average Bonchev–Trinajstić information content (AvgIpc) is 2.58. The molecule has 0 spiro atoms. The molecule has 1 aromatic carbocycles. The van der Waals surface area contributed by atoms with E-state index in [1.54, 1.807) is 31.2 Å². The fourth-order valence-corrected chi connectivity index (χ4v) is 1.97. The first-order valence-corrected chi connectivity index (χ1v) is 7.96. The maximum Gasteiger partial charge on any atom is 0.243 e. The number of halogens is 1. The van der Waals surface area contributed by atoms with Gasteiger partial charge in [-0.15, -0.1) is 18.0 Å². The highest BCUT2D eigenvalue weighted by atomic mass is 35.5. The number of rotatable bonds is 9. The van der Waals surface area contributed by atoms with E-state index in [1.165, 1.54) is 0 Å². The lowest BCUT2D eigenvalue weighted by molar-refractivity contribution is -0.128. The lowest BCUT2D eigenvalue weighted by Crippen LogP contribution is -2.49. The summed E-state index contributed by atoms with van der Waals surface area (Å²) in [5.74, 6) is 1.93. The van der Waals surface area contributed by atoms with Gasteiger partial charge in [-0.1, -0.05) is 18.1 Å². The van der Waals surface area contributed by atoms with Gasteiger partial charge in [0, 0.05) is 13.0 Å².